The van der Waals surface area contributed by atoms with E-state index in [1.807, 2.05) is 37.3 Å². The summed E-state index contributed by atoms with van der Waals surface area (Å²) in [5, 5.41) is 2.95. The van der Waals surface area contributed by atoms with Gasteiger partial charge in [0.15, 0.2) is 0 Å². The number of hydrogen-bond acceptors (Lipinski definition) is 4. The Bertz CT molecular complexity index is 717. The zero-order valence-electron chi connectivity index (χ0n) is 15.0. The number of carbonyl (C=O) groups is 1. The van der Waals surface area contributed by atoms with Crippen LogP contribution in [0.5, 0.6) is 0 Å². The predicted octanol–water partition coefficient (Wildman–Crippen LogP) is 3.48. The third-order valence-electron chi connectivity index (χ3n) is 4.73. The van der Waals surface area contributed by atoms with Crippen LogP contribution in [0.3, 0.4) is 0 Å². The first-order valence-electron chi connectivity index (χ1n) is 9.12. The van der Waals surface area contributed by atoms with Crippen LogP contribution in [0.4, 0.5) is 5.95 Å². The van der Waals surface area contributed by atoms with Crippen LogP contribution in [0.15, 0.2) is 36.4 Å². The number of aromatic nitrogens is 2. The number of nitrogens with zero attached hydrogens (tertiary/aromatic N) is 3. The Morgan fingerprint density at radius 1 is 1.24 bits per heavy atom. The summed E-state index contributed by atoms with van der Waals surface area (Å²) in [4.78, 5) is 24.0. The van der Waals surface area contributed by atoms with Gasteiger partial charge in [0.25, 0.3) is 5.91 Å². The second-order valence-electron chi connectivity index (χ2n) is 6.61. The normalized spacial score (nSPS) is 17.4. The Labute approximate surface area is 149 Å². The van der Waals surface area contributed by atoms with E-state index in [0.717, 1.165) is 30.6 Å². The van der Waals surface area contributed by atoms with E-state index in [-0.39, 0.29) is 5.91 Å². The van der Waals surface area contributed by atoms with E-state index in [0.29, 0.717) is 24.2 Å². The van der Waals surface area contributed by atoms with Gasteiger partial charge >= 0.3 is 0 Å². The van der Waals surface area contributed by atoms with Crippen molar-refractivity contribution in [3.05, 3.63) is 53.3 Å². The highest BCUT2D eigenvalue weighted by Gasteiger charge is 2.24. The number of carbonyl (C=O) groups excluding carboxylic acids is 1. The summed E-state index contributed by atoms with van der Waals surface area (Å²) in [7, 11) is 0. The molecule has 1 N–H and O–H groups in total. The lowest BCUT2D eigenvalue weighted by Gasteiger charge is -2.35. The Hall–Kier alpha value is -2.43. The van der Waals surface area contributed by atoms with Gasteiger partial charge in [-0.1, -0.05) is 37.3 Å². The topological polar surface area (TPSA) is 58.1 Å². The minimum Gasteiger partial charge on any atom is -0.347 e. The molecule has 1 aromatic carbocycles. The van der Waals surface area contributed by atoms with Crippen LogP contribution in [0.2, 0.25) is 0 Å². The van der Waals surface area contributed by atoms with Gasteiger partial charge in [0.1, 0.15) is 5.69 Å². The lowest BCUT2D eigenvalue weighted by molar-refractivity contribution is 0.0945. The van der Waals surface area contributed by atoms with E-state index in [9.17, 15) is 4.79 Å². The molecule has 5 heteroatoms. The molecule has 0 radical (unpaired) electrons. The van der Waals surface area contributed by atoms with E-state index >= 15 is 0 Å². The van der Waals surface area contributed by atoms with E-state index in [2.05, 4.69) is 27.1 Å². The van der Waals surface area contributed by atoms with E-state index < -0.39 is 0 Å². The molecule has 0 saturated carbocycles. The van der Waals surface area contributed by atoms with Crippen molar-refractivity contribution in [1.29, 1.82) is 0 Å². The summed E-state index contributed by atoms with van der Waals surface area (Å²) in [6.45, 7) is 5.59. The van der Waals surface area contributed by atoms with Crippen LogP contribution in [0.1, 0.15) is 54.4 Å². The second-order valence-corrected chi connectivity index (χ2v) is 6.61. The summed E-state index contributed by atoms with van der Waals surface area (Å²) in [5.74, 6) is 0.539. The third-order valence-corrected chi connectivity index (χ3v) is 4.73. The van der Waals surface area contributed by atoms with Crippen LogP contribution in [-0.2, 0) is 6.54 Å². The monoisotopic (exact) mass is 338 g/mol. The lowest BCUT2D eigenvalue weighted by Crippen LogP contribution is -2.40. The molecule has 1 aliphatic rings. The Kier molecular flexibility index (Phi) is 5.64. The molecule has 1 unspecified atom stereocenters. The summed E-state index contributed by atoms with van der Waals surface area (Å²) in [6.07, 6.45) is 4.66. The molecule has 2 aromatic rings. The number of nitrogens with one attached hydrogen (secondary N) is 1. The van der Waals surface area contributed by atoms with Crippen molar-refractivity contribution >= 4 is 11.9 Å². The number of amides is 1. The molecule has 1 saturated heterocycles. The third kappa shape index (κ3) is 4.35. The van der Waals surface area contributed by atoms with Gasteiger partial charge in [-0.25, -0.2) is 9.97 Å². The molecule has 132 valence electrons. The Morgan fingerprint density at radius 3 is 2.80 bits per heavy atom. The fourth-order valence-electron chi connectivity index (χ4n) is 3.35. The molecule has 1 atom stereocenters. The first-order chi connectivity index (χ1) is 12.2. The Morgan fingerprint density at radius 2 is 2.04 bits per heavy atom. The maximum atomic E-state index is 12.5. The summed E-state index contributed by atoms with van der Waals surface area (Å²) < 4.78 is 0. The molecule has 0 spiro atoms. The predicted molar refractivity (Wildman–Crippen MR) is 99.7 cm³/mol. The zero-order valence-corrected chi connectivity index (χ0v) is 15.0. The molecule has 1 aliphatic heterocycles. The molecule has 1 aromatic heterocycles. The number of anilines is 1. The van der Waals surface area contributed by atoms with Crippen molar-refractivity contribution in [2.75, 3.05) is 11.4 Å². The fourth-order valence-corrected chi connectivity index (χ4v) is 3.35. The van der Waals surface area contributed by atoms with Gasteiger partial charge in [0, 0.05) is 24.8 Å². The van der Waals surface area contributed by atoms with Crippen molar-refractivity contribution in [2.24, 2.45) is 0 Å². The lowest BCUT2D eigenvalue weighted by atomic mass is 10.0. The molecular formula is C20H26N4O. The molecule has 0 bridgehead atoms. The molecule has 25 heavy (non-hydrogen) atoms. The van der Waals surface area contributed by atoms with E-state index in [1.165, 1.54) is 12.8 Å². The average molecular weight is 338 g/mol. The molecule has 0 aliphatic carbocycles. The van der Waals surface area contributed by atoms with Crippen molar-refractivity contribution in [3.63, 3.8) is 0 Å². The number of benzene rings is 1. The highest BCUT2D eigenvalue weighted by atomic mass is 16.1. The molecule has 1 fully saturated rings. The van der Waals surface area contributed by atoms with Crippen molar-refractivity contribution in [1.82, 2.24) is 15.3 Å². The van der Waals surface area contributed by atoms with Gasteiger partial charge in [-0.05, 0) is 44.2 Å². The highest BCUT2D eigenvalue weighted by molar-refractivity contribution is 5.92. The standard InChI is InChI=1S/C20H26N4O/c1-3-17-11-7-8-12-24(17)20-22-15(2)13-18(23-20)19(25)21-14-16-9-5-4-6-10-16/h4-6,9-10,13,17H,3,7-8,11-12,14H2,1-2H3,(H,21,25). The molecule has 1 amide bonds. The fraction of sp³-hybridized carbons (Fsp3) is 0.450. The zero-order chi connectivity index (χ0) is 17.6. The average Bonchev–Trinajstić information content (AvgIpc) is 2.66. The van der Waals surface area contributed by atoms with Crippen molar-refractivity contribution in [2.45, 2.75) is 52.1 Å². The van der Waals surface area contributed by atoms with E-state index in [4.69, 9.17) is 0 Å². The Balaban J connectivity index is 1.75. The summed E-state index contributed by atoms with van der Waals surface area (Å²) >= 11 is 0. The minimum atomic E-state index is -0.152. The maximum Gasteiger partial charge on any atom is 0.270 e. The van der Waals surface area contributed by atoms with Crippen LogP contribution in [0.25, 0.3) is 0 Å². The number of aryl methyl sites for hydroxylation is 1. The smallest absolute Gasteiger partial charge is 0.270 e. The van der Waals surface area contributed by atoms with Crippen molar-refractivity contribution < 1.29 is 4.79 Å². The van der Waals surface area contributed by atoms with Crippen molar-refractivity contribution in [3.8, 4) is 0 Å². The number of rotatable bonds is 5. The van der Waals surface area contributed by atoms with Gasteiger partial charge in [-0.2, -0.15) is 0 Å². The summed E-state index contributed by atoms with van der Waals surface area (Å²) in [6, 6.07) is 12.1. The maximum absolute atomic E-state index is 12.5. The quantitative estimate of drug-likeness (QED) is 0.907. The molecule has 5 nitrogen and oxygen atoms in total. The van der Waals surface area contributed by atoms with Crippen LogP contribution in [-0.4, -0.2) is 28.5 Å². The van der Waals surface area contributed by atoms with Gasteiger partial charge in [-0.15, -0.1) is 0 Å². The molecule has 2 heterocycles. The van der Waals surface area contributed by atoms with Crippen LogP contribution < -0.4 is 10.2 Å². The van der Waals surface area contributed by atoms with Gasteiger partial charge in [-0.3, -0.25) is 4.79 Å². The largest absolute Gasteiger partial charge is 0.347 e. The first kappa shape index (κ1) is 17.4. The minimum absolute atomic E-state index is 0.152. The van der Waals surface area contributed by atoms with Gasteiger partial charge < -0.3 is 10.2 Å². The van der Waals surface area contributed by atoms with Crippen LogP contribution >= 0.6 is 0 Å². The number of hydrogen-bond donors (Lipinski definition) is 1. The van der Waals surface area contributed by atoms with Gasteiger partial charge in [0.2, 0.25) is 5.95 Å². The first-order valence-corrected chi connectivity index (χ1v) is 9.12. The summed E-state index contributed by atoms with van der Waals surface area (Å²) in [5.41, 5.74) is 2.35. The molecular weight excluding hydrogens is 312 g/mol. The SMILES string of the molecule is CCC1CCCCN1c1nc(C)cc(C(=O)NCc2ccccc2)n1. The highest BCUT2D eigenvalue weighted by Crippen LogP contribution is 2.24. The molecule has 3 rings (SSSR count). The second kappa shape index (κ2) is 8.10. The van der Waals surface area contributed by atoms with E-state index in [1.54, 1.807) is 6.07 Å². The van der Waals surface area contributed by atoms with Crippen LogP contribution in [0, 0.1) is 6.92 Å². The van der Waals surface area contributed by atoms with Gasteiger partial charge in [0.05, 0.1) is 0 Å². The number of piperidine rings is 1.